The lowest BCUT2D eigenvalue weighted by atomic mass is 9.88. The summed E-state index contributed by atoms with van der Waals surface area (Å²) in [6, 6.07) is 7.90. The minimum Gasteiger partial charge on any atom is -0.490 e. The Morgan fingerprint density at radius 2 is 2.06 bits per heavy atom. The van der Waals surface area contributed by atoms with Crippen molar-refractivity contribution in [2.24, 2.45) is 0 Å². The van der Waals surface area contributed by atoms with Crippen LogP contribution in [0.25, 0.3) is 6.08 Å². The summed E-state index contributed by atoms with van der Waals surface area (Å²) in [5.74, 6) is 0.0987. The number of hydrogen-bond acceptors (Lipinski definition) is 2. The molecule has 1 unspecified atom stereocenters. The fourth-order valence-electron chi connectivity index (χ4n) is 1.84. The summed E-state index contributed by atoms with van der Waals surface area (Å²) in [6.07, 6.45) is 5.13. The number of hydrogen-bond donors (Lipinski definition) is 0. The number of rotatable bonds is 2. The third-order valence-electron chi connectivity index (χ3n) is 2.85. The minimum absolute atomic E-state index is 0.0987. The van der Waals surface area contributed by atoms with Gasteiger partial charge in [0.25, 0.3) is 0 Å². The van der Waals surface area contributed by atoms with E-state index in [0.717, 1.165) is 11.1 Å². The summed E-state index contributed by atoms with van der Waals surface area (Å²) < 4.78 is 5.57. The molecule has 0 radical (unpaired) electrons. The maximum atomic E-state index is 11.4. The Morgan fingerprint density at radius 3 is 2.62 bits per heavy atom. The fourth-order valence-corrected chi connectivity index (χ4v) is 1.84. The van der Waals surface area contributed by atoms with E-state index in [1.165, 1.54) is 12.3 Å². The summed E-state index contributed by atoms with van der Waals surface area (Å²) in [4.78, 5) is 11.4. The van der Waals surface area contributed by atoms with E-state index in [1.807, 2.05) is 31.2 Å². The highest BCUT2D eigenvalue weighted by Gasteiger charge is 2.32. The van der Waals surface area contributed by atoms with Crippen molar-refractivity contribution in [2.75, 3.05) is 0 Å². The van der Waals surface area contributed by atoms with E-state index in [-0.39, 0.29) is 5.78 Å². The number of ether oxygens (including phenoxy) is 1. The van der Waals surface area contributed by atoms with Gasteiger partial charge >= 0.3 is 0 Å². The predicted octanol–water partition coefficient (Wildman–Crippen LogP) is 3.05. The van der Waals surface area contributed by atoms with Crippen molar-refractivity contribution in [1.29, 1.82) is 0 Å². The molecule has 1 aliphatic heterocycles. The van der Waals surface area contributed by atoms with Crippen LogP contribution in [-0.2, 0) is 15.1 Å². The van der Waals surface area contributed by atoms with Gasteiger partial charge in [-0.25, -0.2) is 0 Å². The van der Waals surface area contributed by atoms with Crippen LogP contribution >= 0.6 is 0 Å². The Morgan fingerprint density at radius 1 is 1.38 bits per heavy atom. The number of allylic oxidation sites excluding steroid dienone is 1. The molecule has 0 saturated carbocycles. The predicted molar refractivity (Wildman–Crippen MR) is 63.7 cm³/mol. The average molecular weight is 214 g/mol. The topological polar surface area (TPSA) is 26.3 Å². The van der Waals surface area contributed by atoms with Crippen molar-refractivity contribution in [3.8, 4) is 0 Å². The van der Waals surface area contributed by atoms with Crippen LogP contribution in [-0.4, -0.2) is 5.78 Å². The lowest BCUT2D eigenvalue weighted by Gasteiger charge is -2.31. The van der Waals surface area contributed by atoms with E-state index < -0.39 is 5.60 Å². The first-order valence-electron chi connectivity index (χ1n) is 5.24. The number of benzene rings is 1. The Bertz CT molecular complexity index is 442. The molecule has 1 aliphatic rings. The Labute approximate surface area is 95.2 Å². The molecule has 0 amide bonds. The van der Waals surface area contributed by atoms with Gasteiger partial charge in [0.05, 0.1) is 12.7 Å². The zero-order chi connectivity index (χ0) is 11.6. The Balaban J connectivity index is 2.32. The van der Waals surface area contributed by atoms with Gasteiger partial charge in [-0.15, -0.1) is 0 Å². The molecule has 0 spiro atoms. The standard InChI is InChI=1S/C14H14O2/c1-3-11-4-6-12(7-5-11)14(2)10-13(15)8-9-16-14/h3-9H,1,10H2,2H3. The highest BCUT2D eigenvalue weighted by atomic mass is 16.5. The lowest BCUT2D eigenvalue weighted by molar-refractivity contribution is -0.122. The van der Waals surface area contributed by atoms with Crippen molar-refractivity contribution >= 4 is 11.9 Å². The molecule has 0 bridgehead atoms. The van der Waals surface area contributed by atoms with Gasteiger partial charge in [0.2, 0.25) is 0 Å². The van der Waals surface area contributed by atoms with Crippen LogP contribution in [0.1, 0.15) is 24.5 Å². The molecule has 1 aromatic carbocycles. The van der Waals surface area contributed by atoms with Gasteiger partial charge in [0, 0.05) is 6.08 Å². The molecule has 16 heavy (non-hydrogen) atoms. The van der Waals surface area contributed by atoms with Crippen molar-refractivity contribution in [3.05, 3.63) is 54.3 Å². The molecular weight excluding hydrogens is 200 g/mol. The molecule has 0 N–H and O–H groups in total. The molecule has 0 aromatic heterocycles. The van der Waals surface area contributed by atoms with Crippen molar-refractivity contribution < 1.29 is 9.53 Å². The molecule has 0 aliphatic carbocycles. The van der Waals surface area contributed by atoms with Crippen LogP contribution in [0.4, 0.5) is 0 Å². The van der Waals surface area contributed by atoms with Gasteiger partial charge in [-0.05, 0) is 18.1 Å². The van der Waals surface area contributed by atoms with Gasteiger partial charge in [0.15, 0.2) is 5.78 Å². The quantitative estimate of drug-likeness (QED) is 0.756. The van der Waals surface area contributed by atoms with Crippen LogP contribution in [0.15, 0.2) is 43.2 Å². The first-order chi connectivity index (χ1) is 7.64. The zero-order valence-corrected chi connectivity index (χ0v) is 9.27. The molecule has 2 rings (SSSR count). The van der Waals surface area contributed by atoms with E-state index in [2.05, 4.69) is 6.58 Å². The first kappa shape index (κ1) is 10.7. The maximum Gasteiger partial charge on any atom is 0.163 e. The largest absolute Gasteiger partial charge is 0.490 e. The molecule has 1 heterocycles. The Kier molecular flexibility index (Phi) is 2.65. The highest BCUT2D eigenvalue weighted by Crippen LogP contribution is 2.32. The lowest BCUT2D eigenvalue weighted by Crippen LogP contribution is -2.29. The molecule has 2 heteroatoms. The van der Waals surface area contributed by atoms with Crippen LogP contribution < -0.4 is 0 Å². The van der Waals surface area contributed by atoms with E-state index in [0.29, 0.717) is 6.42 Å². The number of ketones is 1. The number of carbonyl (C=O) groups is 1. The fraction of sp³-hybridized carbons (Fsp3) is 0.214. The van der Waals surface area contributed by atoms with E-state index >= 15 is 0 Å². The third kappa shape index (κ3) is 1.91. The molecule has 82 valence electrons. The molecule has 1 atom stereocenters. The SMILES string of the molecule is C=Cc1ccc(C2(C)CC(=O)C=CO2)cc1. The third-order valence-corrected chi connectivity index (χ3v) is 2.85. The van der Waals surface area contributed by atoms with Crippen LogP contribution in [0.3, 0.4) is 0 Å². The molecule has 0 saturated heterocycles. The minimum atomic E-state index is -0.536. The monoisotopic (exact) mass is 214 g/mol. The molecule has 0 fully saturated rings. The van der Waals surface area contributed by atoms with Gasteiger partial charge in [-0.2, -0.15) is 0 Å². The van der Waals surface area contributed by atoms with Crippen LogP contribution in [0.5, 0.6) is 0 Å². The summed E-state index contributed by atoms with van der Waals surface area (Å²) in [5.41, 5.74) is 1.53. The summed E-state index contributed by atoms with van der Waals surface area (Å²) in [5, 5.41) is 0. The normalized spacial score (nSPS) is 23.9. The molecular formula is C14H14O2. The second kappa shape index (κ2) is 3.97. The molecule has 1 aromatic rings. The smallest absolute Gasteiger partial charge is 0.163 e. The summed E-state index contributed by atoms with van der Waals surface area (Å²) in [7, 11) is 0. The second-order valence-electron chi connectivity index (χ2n) is 4.12. The Hall–Kier alpha value is -1.83. The van der Waals surface area contributed by atoms with Crippen molar-refractivity contribution in [3.63, 3.8) is 0 Å². The zero-order valence-electron chi connectivity index (χ0n) is 9.27. The van der Waals surface area contributed by atoms with Gasteiger partial charge in [-0.3, -0.25) is 4.79 Å². The summed E-state index contributed by atoms with van der Waals surface area (Å²) >= 11 is 0. The van der Waals surface area contributed by atoms with Gasteiger partial charge in [0.1, 0.15) is 5.60 Å². The summed E-state index contributed by atoms with van der Waals surface area (Å²) in [6.45, 7) is 5.63. The van der Waals surface area contributed by atoms with Crippen molar-refractivity contribution in [1.82, 2.24) is 0 Å². The van der Waals surface area contributed by atoms with Crippen LogP contribution in [0.2, 0.25) is 0 Å². The van der Waals surface area contributed by atoms with Gasteiger partial charge in [-0.1, -0.05) is 36.9 Å². The highest BCUT2D eigenvalue weighted by molar-refractivity contribution is 5.91. The van der Waals surface area contributed by atoms with Crippen LogP contribution in [0, 0.1) is 0 Å². The van der Waals surface area contributed by atoms with E-state index in [4.69, 9.17) is 4.74 Å². The first-order valence-corrected chi connectivity index (χ1v) is 5.24. The maximum absolute atomic E-state index is 11.4. The van der Waals surface area contributed by atoms with Gasteiger partial charge < -0.3 is 4.74 Å². The molecule has 2 nitrogen and oxygen atoms in total. The second-order valence-corrected chi connectivity index (χ2v) is 4.12. The van der Waals surface area contributed by atoms with E-state index in [1.54, 1.807) is 6.08 Å². The van der Waals surface area contributed by atoms with E-state index in [9.17, 15) is 4.79 Å². The average Bonchev–Trinajstić information content (AvgIpc) is 2.29. The number of carbonyl (C=O) groups excluding carboxylic acids is 1. The van der Waals surface area contributed by atoms with Crippen molar-refractivity contribution in [2.45, 2.75) is 18.9 Å².